The number of hydrogen-bond acceptors (Lipinski definition) is 3. The van der Waals surface area contributed by atoms with E-state index in [0.717, 1.165) is 10.5 Å². The Bertz CT molecular complexity index is 753. The zero-order valence-corrected chi connectivity index (χ0v) is 13.6. The van der Waals surface area contributed by atoms with Gasteiger partial charge in [0.1, 0.15) is 0 Å². The second kappa shape index (κ2) is 6.14. The number of fused-ring (bicyclic) bond motifs is 1. The van der Waals surface area contributed by atoms with Crippen molar-refractivity contribution in [3.63, 3.8) is 0 Å². The van der Waals surface area contributed by atoms with E-state index in [0.29, 0.717) is 0 Å². The Morgan fingerprint density at radius 2 is 1.90 bits per heavy atom. The molecule has 0 amide bonds. The lowest BCUT2D eigenvalue weighted by atomic mass is 10.1. The third kappa shape index (κ3) is 3.26. The van der Waals surface area contributed by atoms with Crippen LogP contribution in [0, 0.1) is 0 Å². The standard InChI is InChI=1S/C17H17ClN2S/c1-11(13-4-3-5-15(18)8-13)20-12(2)14-9-17-16(19-10-14)6-7-21-17/h3-12,20H,1-2H3/t11-,12?/m0/s1. The van der Waals surface area contributed by atoms with Crippen LogP contribution in [-0.2, 0) is 0 Å². The maximum absolute atomic E-state index is 6.06. The normalized spacial score (nSPS) is 14.2. The molecule has 0 bridgehead atoms. The van der Waals surface area contributed by atoms with Crippen molar-refractivity contribution < 1.29 is 0 Å². The number of nitrogens with zero attached hydrogens (tertiary/aromatic N) is 1. The molecule has 0 aliphatic heterocycles. The highest BCUT2D eigenvalue weighted by Crippen LogP contribution is 2.25. The van der Waals surface area contributed by atoms with Crippen LogP contribution in [0.3, 0.4) is 0 Å². The van der Waals surface area contributed by atoms with Crippen molar-refractivity contribution in [2.24, 2.45) is 0 Å². The third-order valence-electron chi connectivity index (χ3n) is 3.67. The topological polar surface area (TPSA) is 24.9 Å². The molecule has 0 aliphatic carbocycles. The average Bonchev–Trinajstić information content (AvgIpc) is 2.94. The zero-order chi connectivity index (χ0) is 14.8. The van der Waals surface area contributed by atoms with Crippen molar-refractivity contribution in [3.8, 4) is 0 Å². The second-order valence-corrected chi connectivity index (χ2v) is 6.62. The Morgan fingerprint density at radius 1 is 1.10 bits per heavy atom. The fourth-order valence-corrected chi connectivity index (χ4v) is 3.43. The first-order chi connectivity index (χ1) is 10.1. The molecule has 3 aromatic rings. The van der Waals surface area contributed by atoms with Crippen molar-refractivity contribution in [2.75, 3.05) is 0 Å². The van der Waals surface area contributed by atoms with Gasteiger partial charge in [0.2, 0.25) is 0 Å². The Balaban J connectivity index is 1.77. The summed E-state index contributed by atoms with van der Waals surface area (Å²) in [7, 11) is 0. The molecule has 0 fully saturated rings. The first-order valence-corrected chi connectivity index (χ1v) is 8.24. The summed E-state index contributed by atoms with van der Waals surface area (Å²) in [6, 6.07) is 12.7. The lowest BCUT2D eigenvalue weighted by molar-refractivity contribution is 0.494. The lowest BCUT2D eigenvalue weighted by Gasteiger charge is -2.20. The molecule has 0 radical (unpaired) electrons. The maximum Gasteiger partial charge on any atom is 0.0809 e. The van der Waals surface area contributed by atoms with Crippen molar-refractivity contribution in [1.82, 2.24) is 10.3 Å². The van der Waals surface area contributed by atoms with Gasteiger partial charge in [-0.1, -0.05) is 23.7 Å². The zero-order valence-electron chi connectivity index (χ0n) is 12.0. The van der Waals surface area contributed by atoms with E-state index in [1.54, 1.807) is 11.3 Å². The molecule has 1 aromatic carbocycles. The summed E-state index contributed by atoms with van der Waals surface area (Å²) < 4.78 is 1.23. The van der Waals surface area contributed by atoms with Gasteiger partial charge < -0.3 is 5.32 Å². The van der Waals surface area contributed by atoms with Gasteiger partial charge in [0, 0.05) is 23.3 Å². The number of benzene rings is 1. The van der Waals surface area contributed by atoms with Crippen LogP contribution in [0.4, 0.5) is 0 Å². The number of thiophene rings is 1. The lowest BCUT2D eigenvalue weighted by Crippen LogP contribution is -2.22. The van der Waals surface area contributed by atoms with E-state index in [1.807, 2.05) is 24.4 Å². The van der Waals surface area contributed by atoms with Crippen LogP contribution in [0.15, 0.2) is 48.0 Å². The predicted octanol–water partition coefficient (Wildman–Crippen LogP) is 5.36. The van der Waals surface area contributed by atoms with Crippen molar-refractivity contribution in [2.45, 2.75) is 25.9 Å². The SMILES string of the molecule is CC(N[C@@H](C)c1cccc(Cl)c1)c1cnc2ccsc2c1. The van der Waals surface area contributed by atoms with Gasteiger partial charge in [-0.25, -0.2) is 0 Å². The Morgan fingerprint density at radius 3 is 2.71 bits per heavy atom. The molecule has 1 N–H and O–H groups in total. The molecule has 21 heavy (non-hydrogen) atoms. The fraction of sp³-hybridized carbons (Fsp3) is 0.235. The predicted molar refractivity (Wildman–Crippen MR) is 91.0 cm³/mol. The van der Waals surface area contributed by atoms with Gasteiger partial charge in [-0.2, -0.15) is 0 Å². The maximum atomic E-state index is 6.06. The van der Waals surface area contributed by atoms with Crippen LogP contribution in [0.2, 0.25) is 5.02 Å². The van der Waals surface area contributed by atoms with Crippen LogP contribution in [0.25, 0.3) is 10.2 Å². The molecule has 2 atom stereocenters. The number of nitrogens with one attached hydrogen (secondary N) is 1. The minimum atomic E-state index is 0.234. The molecular weight excluding hydrogens is 300 g/mol. The molecular formula is C17H17ClN2S. The van der Waals surface area contributed by atoms with Crippen molar-refractivity contribution >= 4 is 33.2 Å². The summed E-state index contributed by atoms with van der Waals surface area (Å²) in [5.41, 5.74) is 3.47. The van der Waals surface area contributed by atoms with Crippen LogP contribution in [-0.4, -0.2) is 4.98 Å². The van der Waals surface area contributed by atoms with E-state index in [-0.39, 0.29) is 12.1 Å². The first kappa shape index (κ1) is 14.5. The van der Waals surface area contributed by atoms with Crippen LogP contribution in [0.5, 0.6) is 0 Å². The van der Waals surface area contributed by atoms with Crippen LogP contribution in [0.1, 0.15) is 37.1 Å². The van der Waals surface area contributed by atoms with E-state index in [9.17, 15) is 0 Å². The van der Waals surface area contributed by atoms with E-state index < -0.39 is 0 Å². The summed E-state index contributed by atoms with van der Waals surface area (Å²) in [4.78, 5) is 4.51. The highest BCUT2D eigenvalue weighted by molar-refractivity contribution is 7.17. The molecule has 4 heteroatoms. The molecule has 2 nitrogen and oxygen atoms in total. The molecule has 2 heterocycles. The van der Waals surface area contributed by atoms with Crippen molar-refractivity contribution in [3.05, 3.63) is 64.1 Å². The molecule has 0 aliphatic rings. The number of aromatic nitrogens is 1. The molecule has 108 valence electrons. The van der Waals surface area contributed by atoms with Gasteiger partial charge in [-0.15, -0.1) is 11.3 Å². The smallest absolute Gasteiger partial charge is 0.0809 e. The van der Waals surface area contributed by atoms with Gasteiger partial charge in [0.25, 0.3) is 0 Å². The molecule has 0 saturated heterocycles. The van der Waals surface area contributed by atoms with Gasteiger partial charge in [0.05, 0.1) is 10.2 Å². The average molecular weight is 317 g/mol. The quantitative estimate of drug-likeness (QED) is 0.700. The van der Waals surface area contributed by atoms with Crippen LogP contribution >= 0.6 is 22.9 Å². The fourth-order valence-electron chi connectivity index (χ4n) is 2.44. The largest absolute Gasteiger partial charge is 0.304 e. The summed E-state index contributed by atoms with van der Waals surface area (Å²) >= 11 is 7.79. The summed E-state index contributed by atoms with van der Waals surface area (Å²) in [5, 5.41) is 6.45. The summed E-state index contributed by atoms with van der Waals surface area (Å²) in [6.07, 6.45) is 1.96. The Hall–Kier alpha value is -1.42. The van der Waals surface area contributed by atoms with Gasteiger partial charge in [-0.3, -0.25) is 4.98 Å². The van der Waals surface area contributed by atoms with Gasteiger partial charge >= 0.3 is 0 Å². The Kier molecular flexibility index (Phi) is 4.24. The summed E-state index contributed by atoms with van der Waals surface area (Å²) in [6.45, 7) is 4.32. The summed E-state index contributed by atoms with van der Waals surface area (Å²) in [5.74, 6) is 0. The molecule has 1 unspecified atom stereocenters. The van der Waals surface area contributed by atoms with E-state index >= 15 is 0 Å². The molecule has 0 spiro atoms. The number of rotatable bonds is 4. The van der Waals surface area contributed by atoms with E-state index in [1.165, 1.54) is 15.8 Å². The minimum absolute atomic E-state index is 0.234. The van der Waals surface area contributed by atoms with E-state index in [2.05, 4.69) is 47.7 Å². The third-order valence-corrected chi connectivity index (χ3v) is 4.76. The van der Waals surface area contributed by atoms with Gasteiger partial charge in [-0.05, 0) is 54.6 Å². The highest BCUT2D eigenvalue weighted by Gasteiger charge is 2.12. The first-order valence-electron chi connectivity index (χ1n) is 6.98. The number of halogens is 1. The number of pyridine rings is 1. The molecule has 3 rings (SSSR count). The van der Waals surface area contributed by atoms with E-state index in [4.69, 9.17) is 11.6 Å². The van der Waals surface area contributed by atoms with Crippen LogP contribution < -0.4 is 5.32 Å². The highest BCUT2D eigenvalue weighted by atomic mass is 35.5. The second-order valence-electron chi connectivity index (χ2n) is 5.24. The van der Waals surface area contributed by atoms with Crippen molar-refractivity contribution in [1.29, 1.82) is 0 Å². The number of hydrogen-bond donors (Lipinski definition) is 1. The Labute approximate surface area is 133 Å². The van der Waals surface area contributed by atoms with Gasteiger partial charge in [0.15, 0.2) is 0 Å². The molecule has 2 aromatic heterocycles. The minimum Gasteiger partial charge on any atom is -0.304 e. The molecule has 0 saturated carbocycles. The monoisotopic (exact) mass is 316 g/mol.